The second-order valence-electron chi connectivity index (χ2n) is 6.14. The van der Waals surface area contributed by atoms with Gasteiger partial charge >= 0.3 is 5.97 Å². The molecule has 0 amide bonds. The molecule has 1 heterocycles. The van der Waals surface area contributed by atoms with Crippen molar-refractivity contribution in [3.05, 3.63) is 76.0 Å². The molecule has 0 radical (unpaired) electrons. The summed E-state index contributed by atoms with van der Waals surface area (Å²) in [5.41, 5.74) is 0.970. The summed E-state index contributed by atoms with van der Waals surface area (Å²) >= 11 is 1.11. The molecule has 0 aliphatic rings. The molecule has 154 valence electrons. The smallest absolute Gasteiger partial charge is 0.340 e. The third kappa shape index (κ3) is 4.17. The fourth-order valence-corrected chi connectivity index (χ4v) is 5.25. The van der Waals surface area contributed by atoms with E-state index in [4.69, 9.17) is 15.9 Å². The molecular formula is C22H19NO5S2. The number of benzene rings is 2. The standard InChI is InChI=1S/C22H19NO5S2/c1-4-20-21(19(15-29-20)22(24)28-3)23(14-16-8-6-5-7-9-16)30(25,26)18-12-10-17(27-2)11-13-18/h1,5-13,15H,14H2,2-3H3. The summed E-state index contributed by atoms with van der Waals surface area (Å²) in [7, 11) is -1.33. The number of anilines is 1. The molecule has 3 rings (SSSR count). The van der Waals surface area contributed by atoms with E-state index in [2.05, 4.69) is 5.92 Å². The molecule has 8 heteroatoms. The number of ether oxygens (including phenoxy) is 2. The van der Waals surface area contributed by atoms with Gasteiger partial charge in [0, 0.05) is 5.38 Å². The van der Waals surface area contributed by atoms with Crippen molar-refractivity contribution in [1.29, 1.82) is 0 Å². The van der Waals surface area contributed by atoms with Crippen molar-refractivity contribution in [1.82, 2.24) is 0 Å². The van der Waals surface area contributed by atoms with E-state index in [0.29, 0.717) is 10.6 Å². The minimum atomic E-state index is -4.06. The first-order valence-electron chi connectivity index (χ1n) is 8.79. The van der Waals surface area contributed by atoms with E-state index in [9.17, 15) is 13.2 Å². The zero-order valence-electron chi connectivity index (χ0n) is 16.4. The molecule has 0 aliphatic heterocycles. The van der Waals surface area contributed by atoms with E-state index >= 15 is 0 Å². The molecule has 0 N–H and O–H groups in total. The highest BCUT2D eigenvalue weighted by Gasteiger charge is 2.32. The number of carbonyl (C=O) groups excluding carboxylic acids is 1. The quantitative estimate of drug-likeness (QED) is 0.410. The number of terminal acetylenes is 1. The first-order chi connectivity index (χ1) is 14.4. The Bertz CT molecular complexity index is 1180. The van der Waals surface area contributed by atoms with Gasteiger partial charge < -0.3 is 9.47 Å². The molecule has 0 saturated carbocycles. The van der Waals surface area contributed by atoms with Crippen LogP contribution in [0.3, 0.4) is 0 Å². The lowest BCUT2D eigenvalue weighted by Gasteiger charge is -2.25. The Labute approximate surface area is 179 Å². The lowest BCUT2D eigenvalue weighted by Crippen LogP contribution is -2.32. The summed E-state index contributed by atoms with van der Waals surface area (Å²) in [6.07, 6.45) is 5.63. The van der Waals surface area contributed by atoms with Gasteiger partial charge in [-0.05, 0) is 29.8 Å². The SMILES string of the molecule is C#Cc1scc(C(=O)OC)c1N(Cc1ccccc1)S(=O)(=O)c1ccc(OC)cc1. The first kappa shape index (κ1) is 21.4. The van der Waals surface area contributed by atoms with Gasteiger partial charge in [-0.1, -0.05) is 36.3 Å². The van der Waals surface area contributed by atoms with E-state index in [1.54, 1.807) is 24.3 Å². The average molecular weight is 442 g/mol. The summed E-state index contributed by atoms with van der Waals surface area (Å²) in [5.74, 6) is 2.35. The molecule has 0 aliphatic carbocycles. The van der Waals surface area contributed by atoms with E-state index in [1.165, 1.54) is 31.7 Å². The fourth-order valence-electron chi connectivity index (χ4n) is 2.86. The van der Waals surface area contributed by atoms with Gasteiger partial charge in [-0.3, -0.25) is 4.31 Å². The summed E-state index contributed by atoms with van der Waals surface area (Å²) in [6, 6.07) is 15.1. The normalized spacial score (nSPS) is 10.8. The molecule has 0 bridgehead atoms. The molecule has 0 fully saturated rings. The van der Waals surface area contributed by atoms with Gasteiger partial charge in [0.1, 0.15) is 10.6 Å². The highest BCUT2D eigenvalue weighted by Crippen LogP contribution is 2.36. The lowest BCUT2D eigenvalue weighted by molar-refractivity contribution is 0.0602. The second-order valence-corrected chi connectivity index (χ2v) is 8.88. The van der Waals surface area contributed by atoms with Crippen LogP contribution in [0.5, 0.6) is 5.75 Å². The molecule has 0 atom stereocenters. The van der Waals surface area contributed by atoms with Crippen molar-refractivity contribution in [2.24, 2.45) is 0 Å². The average Bonchev–Trinajstić information content (AvgIpc) is 3.21. The summed E-state index contributed by atoms with van der Waals surface area (Å²) in [5, 5.41) is 1.51. The molecule has 6 nitrogen and oxygen atoms in total. The number of hydrogen-bond acceptors (Lipinski definition) is 6. The Morgan fingerprint density at radius 3 is 2.33 bits per heavy atom. The molecule has 2 aromatic carbocycles. The third-order valence-electron chi connectivity index (χ3n) is 4.37. The summed E-state index contributed by atoms with van der Waals surface area (Å²) < 4.78 is 38.4. The number of hydrogen-bond donors (Lipinski definition) is 0. The number of rotatable bonds is 7. The third-order valence-corrected chi connectivity index (χ3v) is 7.03. The predicted molar refractivity (Wildman–Crippen MR) is 116 cm³/mol. The van der Waals surface area contributed by atoms with E-state index in [0.717, 1.165) is 21.2 Å². The van der Waals surface area contributed by atoms with Gasteiger partial charge in [0.2, 0.25) is 0 Å². The van der Waals surface area contributed by atoms with Gasteiger partial charge in [-0.25, -0.2) is 13.2 Å². The van der Waals surface area contributed by atoms with Gasteiger partial charge in [0.15, 0.2) is 0 Å². The number of carbonyl (C=O) groups is 1. The number of thiophene rings is 1. The van der Waals surface area contributed by atoms with E-state index in [-0.39, 0.29) is 22.7 Å². The van der Waals surface area contributed by atoms with E-state index < -0.39 is 16.0 Å². The van der Waals surface area contributed by atoms with Crippen LogP contribution in [-0.4, -0.2) is 28.6 Å². The topological polar surface area (TPSA) is 72.9 Å². The monoisotopic (exact) mass is 441 g/mol. The number of methoxy groups -OCH3 is 2. The van der Waals surface area contributed by atoms with Crippen LogP contribution in [0.25, 0.3) is 0 Å². The highest BCUT2D eigenvalue weighted by atomic mass is 32.2. The van der Waals surface area contributed by atoms with Crippen molar-refractivity contribution in [2.75, 3.05) is 18.5 Å². The van der Waals surface area contributed by atoms with Crippen LogP contribution in [0, 0.1) is 12.3 Å². The van der Waals surface area contributed by atoms with Crippen molar-refractivity contribution in [2.45, 2.75) is 11.4 Å². The molecule has 0 unspecified atom stereocenters. The molecule has 0 saturated heterocycles. The van der Waals surface area contributed by atoms with Crippen molar-refractivity contribution >= 4 is 33.0 Å². The van der Waals surface area contributed by atoms with Crippen molar-refractivity contribution < 1.29 is 22.7 Å². The van der Waals surface area contributed by atoms with Crippen LogP contribution in [-0.2, 0) is 21.3 Å². The minimum absolute atomic E-state index is 0.00932. The maximum absolute atomic E-state index is 13.6. The molecule has 30 heavy (non-hydrogen) atoms. The maximum Gasteiger partial charge on any atom is 0.340 e. The Morgan fingerprint density at radius 2 is 1.77 bits per heavy atom. The number of sulfonamides is 1. The Hall–Kier alpha value is -3.28. The summed E-state index contributed by atoms with van der Waals surface area (Å²) in [4.78, 5) is 12.7. The first-order valence-corrected chi connectivity index (χ1v) is 11.1. The summed E-state index contributed by atoms with van der Waals surface area (Å²) in [6.45, 7) is -0.00932. The van der Waals surface area contributed by atoms with Crippen LogP contribution in [0.4, 0.5) is 5.69 Å². The molecule has 3 aromatic rings. The minimum Gasteiger partial charge on any atom is -0.497 e. The zero-order chi connectivity index (χ0) is 21.7. The van der Waals surface area contributed by atoms with Gasteiger partial charge in [0.05, 0.1) is 36.9 Å². The van der Waals surface area contributed by atoms with Gasteiger partial charge in [-0.15, -0.1) is 17.8 Å². The van der Waals surface area contributed by atoms with Crippen LogP contribution < -0.4 is 9.04 Å². The van der Waals surface area contributed by atoms with Crippen molar-refractivity contribution in [3.8, 4) is 18.1 Å². The molecular weight excluding hydrogens is 422 g/mol. The van der Waals surface area contributed by atoms with Gasteiger partial charge in [0.25, 0.3) is 10.0 Å². The number of nitrogens with zero attached hydrogens (tertiary/aromatic N) is 1. The molecule has 1 aromatic heterocycles. The number of esters is 1. The Morgan fingerprint density at radius 1 is 1.10 bits per heavy atom. The Kier molecular flexibility index (Phi) is 6.45. The maximum atomic E-state index is 13.6. The fraction of sp³-hybridized carbons (Fsp3) is 0.136. The highest BCUT2D eigenvalue weighted by molar-refractivity contribution is 7.92. The predicted octanol–water partition coefficient (Wildman–Crippen LogP) is 3.92. The van der Waals surface area contributed by atoms with Crippen LogP contribution in [0.2, 0.25) is 0 Å². The van der Waals surface area contributed by atoms with Crippen LogP contribution in [0.15, 0.2) is 64.9 Å². The van der Waals surface area contributed by atoms with E-state index in [1.807, 2.05) is 18.2 Å². The van der Waals surface area contributed by atoms with Crippen molar-refractivity contribution in [3.63, 3.8) is 0 Å². The second kappa shape index (κ2) is 9.03. The van der Waals surface area contributed by atoms with Gasteiger partial charge in [-0.2, -0.15) is 0 Å². The van der Waals surface area contributed by atoms with Crippen LogP contribution in [0.1, 0.15) is 20.8 Å². The lowest BCUT2D eigenvalue weighted by atomic mass is 10.2. The zero-order valence-corrected chi connectivity index (χ0v) is 18.0. The van der Waals surface area contributed by atoms with Crippen LogP contribution >= 0.6 is 11.3 Å². The Balaban J connectivity index is 2.20. The molecule has 0 spiro atoms. The largest absolute Gasteiger partial charge is 0.497 e.